The zero-order valence-electron chi connectivity index (χ0n) is 9.41. The van der Waals surface area contributed by atoms with Gasteiger partial charge in [-0.3, -0.25) is 4.21 Å². The van der Waals surface area contributed by atoms with Gasteiger partial charge in [0.1, 0.15) is 0 Å². The quantitative estimate of drug-likeness (QED) is 0.793. The molecule has 1 saturated carbocycles. The molecule has 3 unspecified atom stereocenters. The highest BCUT2D eigenvalue weighted by Gasteiger charge is 2.43. The lowest BCUT2D eigenvalue weighted by molar-refractivity contribution is -0.125. The maximum absolute atomic E-state index is 12.0. The third-order valence-electron chi connectivity index (χ3n) is 3.51. The molecular weight excluding hydrogens is 210 g/mol. The summed E-state index contributed by atoms with van der Waals surface area (Å²) >= 11 is 0. The predicted octanol–water partition coefficient (Wildman–Crippen LogP) is 1.18. The number of hydrogen-bond donors (Lipinski definition) is 1. The van der Waals surface area contributed by atoms with Crippen molar-refractivity contribution in [2.24, 2.45) is 5.73 Å². The van der Waals surface area contributed by atoms with E-state index in [4.69, 9.17) is 10.5 Å². The monoisotopic (exact) mass is 231 g/mol. The molecule has 1 spiro atoms. The molecule has 88 valence electrons. The highest BCUT2D eigenvalue weighted by molar-refractivity contribution is 7.85. The second-order valence-electron chi connectivity index (χ2n) is 5.02. The molecule has 2 N–H and O–H groups in total. The van der Waals surface area contributed by atoms with Crippen LogP contribution in [0.5, 0.6) is 0 Å². The summed E-state index contributed by atoms with van der Waals surface area (Å²) in [5.41, 5.74) is 5.80. The van der Waals surface area contributed by atoms with Gasteiger partial charge in [0.2, 0.25) is 0 Å². The van der Waals surface area contributed by atoms with Crippen molar-refractivity contribution in [2.75, 3.05) is 12.4 Å². The zero-order valence-corrected chi connectivity index (χ0v) is 10.2. The van der Waals surface area contributed by atoms with E-state index in [2.05, 4.69) is 0 Å². The van der Waals surface area contributed by atoms with Gasteiger partial charge in [0.25, 0.3) is 0 Å². The average molecular weight is 231 g/mol. The molecule has 0 aromatic rings. The van der Waals surface area contributed by atoms with Gasteiger partial charge in [-0.1, -0.05) is 0 Å². The van der Waals surface area contributed by atoms with Crippen LogP contribution in [-0.4, -0.2) is 33.5 Å². The lowest BCUT2D eigenvalue weighted by Crippen LogP contribution is -2.48. The first kappa shape index (κ1) is 11.6. The van der Waals surface area contributed by atoms with Crippen LogP contribution in [0.15, 0.2) is 0 Å². The van der Waals surface area contributed by atoms with Crippen molar-refractivity contribution in [3.8, 4) is 0 Å². The van der Waals surface area contributed by atoms with Crippen molar-refractivity contribution in [1.82, 2.24) is 0 Å². The summed E-state index contributed by atoms with van der Waals surface area (Å²) in [5.74, 6) is 0.640. The molecular formula is C11H21NO2S. The maximum Gasteiger partial charge on any atom is 0.0694 e. The Bertz CT molecular complexity index is 251. The Morgan fingerprint density at radius 2 is 2.33 bits per heavy atom. The standard InChI is InChI=1S/C11H21NO2S/c1-9(12)8-15(13)10-3-6-14-11(7-10)4-2-5-11/h9-10H,2-8,12H2,1H3. The summed E-state index contributed by atoms with van der Waals surface area (Å²) in [6.45, 7) is 2.71. The van der Waals surface area contributed by atoms with E-state index in [1.165, 1.54) is 19.3 Å². The Balaban J connectivity index is 1.89. The number of rotatable bonds is 3. The average Bonchev–Trinajstić information content (AvgIpc) is 2.14. The molecule has 0 bridgehead atoms. The fraction of sp³-hybridized carbons (Fsp3) is 1.00. The molecule has 15 heavy (non-hydrogen) atoms. The van der Waals surface area contributed by atoms with E-state index in [0.717, 1.165) is 19.4 Å². The third kappa shape index (κ3) is 2.60. The SMILES string of the molecule is CC(N)CS(=O)C1CCOC2(CCC2)C1. The molecule has 2 aliphatic rings. The molecule has 2 fully saturated rings. The van der Waals surface area contributed by atoms with Crippen LogP contribution in [-0.2, 0) is 15.5 Å². The molecule has 0 radical (unpaired) electrons. The topological polar surface area (TPSA) is 52.3 Å². The lowest BCUT2D eigenvalue weighted by atomic mass is 9.75. The Hall–Kier alpha value is 0.0700. The Morgan fingerprint density at radius 3 is 2.87 bits per heavy atom. The second kappa shape index (κ2) is 4.52. The van der Waals surface area contributed by atoms with Crippen LogP contribution in [0, 0.1) is 0 Å². The molecule has 1 aliphatic heterocycles. The third-order valence-corrected chi connectivity index (χ3v) is 5.51. The van der Waals surface area contributed by atoms with Crippen LogP contribution < -0.4 is 5.73 Å². The van der Waals surface area contributed by atoms with Crippen LogP contribution in [0.3, 0.4) is 0 Å². The highest BCUT2D eigenvalue weighted by atomic mass is 32.2. The maximum atomic E-state index is 12.0. The summed E-state index contributed by atoms with van der Waals surface area (Å²) in [6, 6.07) is 0.0472. The molecule has 0 aromatic heterocycles. The van der Waals surface area contributed by atoms with Gasteiger partial charge in [-0.2, -0.15) is 0 Å². The largest absolute Gasteiger partial charge is 0.375 e. The molecule has 4 heteroatoms. The van der Waals surface area contributed by atoms with Crippen molar-refractivity contribution in [3.63, 3.8) is 0 Å². The van der Waals surface area contributed by atoms with Gasteiger partial charge in [-0.25, -0.2) is 0 Å². The first-order chi connectivity index (χ1) is 7.11. The second-order valence-corrected chi connectivity index (χ2v) is 6.79. The first-order valence-electron chi connectivity index (χ1n) is 5.88. The molecule has 1 aliphatic carbocycles. The van der Waals surface area contributed by atoms with E-state index in [9.17, 15) is 4.21 Å². The molecule has 1 heterocycles. The van der Waals surface area contributed by atoms with Gasteiger partial charge in [0.05, 0.1) is 5.60 Å². The smallest absolute Gasteiger partial charge is 0.0694 e. The zero-order chi connectivity index (χ0) is 10.9. The van der Waals surface area contributed by atoms with E-state index in [1.807, 2.05) is 6.92 Å². The van der Waals surface area contributed by atoms with Gasteiger partial charge < -0.3 is 10.5 Å². The Morgan fingerprint density at radius 1 is 1.60 bits per heavy atom. The van der Waals surface area contributed by atoms with E-state index < -0.39 is 10.8 Å². The van der Waals surface area contributed by atoms with E-state index in [1.54, 1.807) is 0 Å². The predicted molar refractivity (Wildman–Crippen MR) is 62.2 cm³/mol. The summed E-state index contributed by atoms with van der Waals surface area (Å²) < 4.78 is 17.8. The van der Waals surface area contributed by atoms with Gasteiger partial charge in [-0.15, -0.1) is 0 Å². The lowest BCUT2D eigenvalue weighted by Gasteiger charge is -2.47. The first-order valence-corrected chi connectivity index (χ1v) is 7.26. The van der Waals surface area contributed by atoms with Crippen molar-refractivity contribution >= 4 is 10.8 Å². The molecule has 0 amide bonds. The summed E-state index contributed by atoms with van der Waals surface area (Å²) in [6.07, 6.45) is 5.54. The van der Waals surface area contributed by atoms with Crippen LogP contribution in [0.25, 0.3) is 0 Å². The van der Waals surface area contributed by atoms with Crippen molar-refractivity contribution in [2.45, 2.75) is 55.9 Å². The Labute approximate surface area is 94.2 Å². The van der Waals surface area contributed by atoms with E-state index >= 15 is 0 Å². The van der Waals surface area contributed by atoms with Gasteiger partial charge in [0, 0.05) is 34.5 Å². The van der Waals surface area contributed by atoms with Crippen LogP contribution in [0.1, 0.15) is 39.0 Å². The minimum absolute atomic E-state index is 0.0472. The molecule has 3 atom stereocenters. The minimum atomic E-state index is -0.756. The van der Waals surface area contributed by atoms with E-state index in [0.29, 0.717) is 11.0 Å². The fourth-order valence-corrected chi connectivity index (χ4v) is 4.16. The summed E-state index contributed by atoms with van der Waals surface area (Å²) in [4.78, 5) is 0. The number of hydrogen-bond acceptors (Lipinski definition) is 3. The van der Waals surface area contributed by atoms with Crippen LogP contribution in [0.2, 0.25) is 0 Å². The summed E-state index contributed by atoms with van der Waals surface area (Å²) in [7, 11) is -0.756. The molecule has 3 nitrogen and oxygen atoms in total. The van der Waals surface area contributed by atoms with Gasteiger partial charge in [0.15, 0.2) is 0 Å². The van der Waals surface area contributed by atoms with E-state index in [-0.39, 0.29) is 11.6 Å². The fourth-order valence-electron chi connectivity index (χ4n) is 2.52. The minimum Gasteiger partial charge on any atom is -0.375 e. The van der Waals surface area contributed by atoms with Gasteiger partial charge in [-0.05, 0) is 39.0 Å². The summed E-state index contributed by atoms with van der Waals surface area (Å²) in [5, 5.41) is 0.324. The Kier molecular flexibility index (Phi) is 3.48. The van der Waals surface area contributed by atoms with Crippen molar-refractivity contribution in [3.05, 3.63) is 0 Å². The molecule has 2 rings (SSSR count). The number of nitrogens with two attached hydrogens (primary N) is 1. The van der Waals surface area contributed by atoms with Crippen molar-refractivity contribution in [1.29, 1.82) is 0 Å². The van der Waals surface area contributed by atoms with Crippen LogP contribution >= 0.6 is 0 Å². The normalized spacial score (nSPS) is 33.3. The van der Waals surface area contributed by atoms with Crippen molar-refractivity contribution < 1.29 is 8.95 Å². The van der Waals surface area contributed by atoms with Crippen LogP contribution in [0.4, 0.5) is 0 Å². The van der Waals surface area contributed by atoms with Gasteiger partial charge >= 0.3 is 0 Å². The number of ether oxygens (including phenoxy) is 1. The highest BCUT2D eigenvalue weighted by Crippen LogP contribution is 2.43. The molecule has 1 saturated heterocycles. The molecule has 0 aromatic carbocycles.